The van der Waals surface area contributed by atoms with E-state index in [0.29, 0.717) is 13.2 Å². The highest BCUT2D eigenvalue weighted by atomic mass is 35.5. The van der Waals surface area contributed by atoms with Crippen molar-refractivity contribution < 1.29 is 4.74 Å². The summed E-state index contributed by atoms with van der Waals surface area (Å²) in [6, 6.07) is 7.78. The lowest BCUT2D eigenvalue weighted by Gasteiger charge is -2.25. The van der Waals surface area contributed by atoms with E-state index in [0.717, 1.165) is 16.7 Å². The summed E-state index contributed by atoms with van der Waals surface area (Å²) >= 11 is 5.94. The average molecular weight is 280 g/mol. The van der Waals surface area contributed by atoms with Crippen molar-refractivity contribution >= 4 is 28.3 Å². The van der Waals surface area contributed by atoms with Gasteiger partial charge in [0.15, 0.2) is 0 Å². The maximum absolute atomic E-state index is 5.94. The number of fused-ring (bicyclic) bond motifs is 1. The molecule has 1 aromatic heterocycles. The van der Waals surface area contributed by atoms with Crippen LogP contribution in [0.25, 0.3) is 10.9 Å². The number of nitrogens with one attached hydrogen (secondary N) is 1. The number of anilines is 1. The second-order valence-electron chi connectivity index (χ2n) is 4.90. The summed E-state index contributed by atoms with van der Waals surface area (Å²) in [6.07, 6.45) is 0. The second-order valence-corrected chi connectivity index (χ2v) is 5.24. The van der Waals surface area contributed by atoms with Gasteiger partial charge in [0.25, 0.3) is 0 Å². The summed E-state index contributed by atoms with van der Waals surface area (Å²) in [7, 11) is 0. The van der Waals surface area contributed by atoms with Crippen LogP contribution in [0, 0.1) is 0 Å². The molecule has 1 heterocycles. The van der Waals surface area contributed by atoms with Crippen LogP contribution in [0.4, 0.5) is 5.82 Å². The summed E-state index contributed by atoms with van der Waals surface area (Å²) in [4.78, 5) is 8.45. The maximum atomic E-state index is 5.94. The standard InChI is InChI=1S/C14H18ClN3O/c1-4-19-14(2,3)9-16-12-10-7-5-6-8-11(10)17-13(15)18-12/h5-8H,4,9H2,1-3H3,(H,16,17,18). The molecule has 0 unspecified atom stereocenters. The first-order valence-electron chi connectivity index (χ1n) is 6.32. The first kappa shape index (κ1) is 14.0. The number of hydrogen-bond acceptors (Lipinski definition) is 4. The first-order valence-corrected chi connectivity index (χ1v) is 6.70. The molecular formula is C14H18ClN3O. The fraction of sp³-hybridized carbons (Fsp3) is 0.429. The zero-order valence-electron chi connectivity index (χ0n) is 11.4. The van der Waals surface area contributed by atoms with Crippen molar-refractivity contribution in [3.05, 3.63) is 29.5 Å². The van der Waals surface area contributed by atoms with E-state index in [2.05, 4.69) is 15.3 Å². The highest BCUT2D eigenvalue weighted by Crippen LogP contribution is 2.22. The number of rotatable bonds is 5. The van der Waals surface area contributed by atoms with Gasteiger partial charge in [-0.05, 0) is 44.5 Å². The van der Waals surface area contributed by atoms with Crippen LogP contribution in [0.2, 0.25) is 5.28 Å². The van der Waals surface area contributed by atoms with Gasteiger partial charge in [-0.25, -0.2) is 9.97 Å². The van der Waals surface area contributed by atoms with Gasteiger partial charge < -0.3 is 10.1 Å². The van der Waals surface area contributed by atoms with Crippen LogP contribution in [0.3, 0.4) is 0 Å². The van der Waals surface area contributed by atoms with Crippen molar-refractivity contribution in [1.82, 2.24) is 9.97 Å². The third-order valence-corrected chi connectivity index (χ3v) is 2.96. The molecule has 0 bridgehead atoms. The molecule has 1 aromatic carbocycles. The predicted octanol–water partition coefficient (Wildman–Crippen LogP) is 3.51. The Labute approximate surface area is 118 Å². The molecule has 2 aromatic rings. The first-order chi connectivity index (χ1) is 9.02. The molecule has 0 amide bonds. The molecule has 0 aliphatic heterocycles. The van der Waals surface area contributed by atoms with Gasteiger partial charge in [0.05, 0.1) is 11.1 Å². The molecule has 4 nitrogen and oxygen atoms in total. The Morgan fingerprint density at radius 2 is 2.00 bits per heavy atom. The van der Waals surface area contributed by atoms with Crippen molar-refractivity contribution in [2.45, 2.75) is 26.4 Å². The monoisotopic (exact) mass is 279 g/mol. The molecule has 0 saturated carbocycles. The molecule has 19 heavy (non-hydrogen) atoms. The average Bonchev–Trinajstić information content (AvgIpc) is 2.36. The van der Waals surface area contributed by atoms with Gasteiger partial charge in [-0.2, -0.15) is 0 Å². The van der Waals surface area contributed by atoms with Crippen LogP contribution in [0.1, 0.15) is 20.8 Å². The van der Waals surface area contributed by atoms with Gasteiger partial charge in [0.1, 0.15) is 5.82 Å². The summed E-state index contributed by atoms with van der Waals surface area (Å²) < 4.78 is 5.65. The van der Waals surface area contributed by atoms with Crippen LogP contribution in [0.15, 0.2) is 24.3 Å². The molecule has 5 heteroatoms. The van der Waals surface area contributed by atoms with E-state index in [1.165, 1.54) is 0 Å². The number of benzene rings is 1. The van der Waals surface area contributed by atoms with E-state index < -0.39 is 0 Å². The molecule has 102 valence electrons. The molecule has 0 fully saturated rings. The van der Waals surface area contributed by atoms with E-state index in [1.54, 1.807) is 0 Å². The number of aromatic nitrogens is 2. The number of nitrogens with zero attached hydrogens (tertiary/aromatic N) is 2. The summed E-state index contributed by atoms with van der Waals surface area (Å²) in [5, 5.41) is 4.50. The SMILES string of the molecule is CCOC(C)(C)CNc1nc(Cl)nc2ccccc12. The number of para-hydroxylation sites is 1. The van der Waals surface area contributed by atoms with E-state index >= 15 is 0 Å². The Bertz CT molecular complexity index is 572. The van der Waals surface area contributed by atoms with Gasteiger partial charge in [-0.3, -0.25) is 0 Å². The fourth-order valence-corrected chi connectivity index (χ4v) is 2.10. The Morgan fingerprint density at radius 1 is 1.26 bits per heavy atom. The minimum atomic E-state index is -0.257. The zero-order chi connectivity index (χ0) is 13.9. The normalized spacial score (nSPS) is 11.8. The van der Waals surface area contributed by atoms with Crippen molar-refractivity contribution in [1.29, 1.82) is 0 Å². The molecular weight excluding hydrogens is 262 g/mol. The lowest BCUT2D eigenvalue weighted by atomic mass is 10.1. The van der Waals surface area contributed by atoms with Gasteiger partial charge in [-0.15, -0.1) is 0 Å². The molecule has 0 saturated heterocycles. The molecule has 0 spiro atoms. The molecule has 0 radical (unpaired) electrons. The summed E-state index contributed by atoms with van der Waals surface area (Å²) in [6.45, 7) is 7.39. The maximum Gasteiger partial charge on any atom is 0.224 e. The van der Waals surface area contributed by atoms with E-state index in [-0.39, 0.29) is 10.9 Å². The molecule has 0 aliphatic rings. The summed E-state index contributed by atoms with van der Waals surface area (Å²) in [5.74, 6) is 0.739. The second kappa shape index (κ2) is 5.72. The Morgan fingerprint density at radius 3 is 2.74 bits per heavy atom. The van der Waals surface area contributed by atoms with Crippen molar-refractivity contribution in [2.24, 2.45) is 0 Å². The minimum Gasteiger partial charge on any atom is -0.374 e. The van der Waals surface area contributed by atoms with Crippen molar-refractivity contribution in [3.63, 3.8) is 0 Å². The fourth-order valence-electron chi connectivity index (χ4n) is 1.92. The number of hydrogen-bond donors (Lipinski definition) is 1. The molecule has 0 aliphatic carbocycles. The van der Waals surface area contributed by atoms with Gasteiger partial charge >= 0.3 is 0 Å². The van der Waals surface area contributed by atoms with Gasteiger partial charge in [-0.1, -0.05) is 12.1 Å². The molecule has 0 atom stereocenters. The van der Waals surface area contributed by atoms with Crippen molar-refractivity contribution in [3.8, 4) is 0 Å². The van der Waals surface area contributed by atoms with Crippen LogP contribution >= 0.6 is 11.6 Å². The topological polar surface area (TPSA) is 47.0 Å². The Hall–Kier alpha value is -1.39. The molecule has 2 rings (SSSR count). The number of halogens is 1. The lowest BCUT2D eigenvalue weighted by molar-refractivity contribution is 0.000662. The Balaban J connectivity index is 2.25. The van der Waals surface area contributed by atoms with E-state index in [9.17, 15) is 0 Å². The van der Waals surface area contributed by atoms with Crippen molar-refractivity contribution in [2.75, 3.05) is 18.5 Å². The highest BCUT2D eigenvalue weighted by Gasteiger charge is 2.18. The number of ether oxygens (including phenoxy) is 1. The largest absolute Gasteiger partial charge is 0.374 e. The summed E-state index contributed by atoms with van der Waals surface area (Å²) in [5.41, 5.74) is 0.576. The van der Waals surface area contributed by atoms with Gasteiger partial charge in [0, 0.05) is 18.5 Å². The van der Waals surface area contributed by atoms with Gasteiger partial charge in [0.2, 0.25) is 5.28 Å². The lowest BCUT2D eigenvalue weighted by Crippen LogP contribution is -2.33. The van der Waals surface area contributed by atoms with Crippen LogP contribution < -0.4 is 5.32 Å². The third-order valence-electron chi connectivity index (χ3n) is 2.79. The quantitative estimate of drug-likeness (QED) is 0.851. The Kier molecular flexibility index (Phi) is 4.22. The highest BCUT2D eigenvalue weighted by molar-refractivity contribution is 6.28. The zero-order valence-corrected chi connectivity index (χ0v) is 12.2. The van der Waals surface area contributed by atoms with Crippen LogP contribution in [-0.4, -0.2) is 28.7 Å². The third kappa shape index (κ3) is 3.55. The van der Waals surface area contributed by atoms with E-state index in [4.69, 9.17) is 16.3 Å². The predicted molar refractivity (Wildman–Crippen MR) is 78.7 cm³/mol. The minimum absolute atomic E-state index is 0.246. The van der Waals surface area contributed by atoms with E-state index in [1.807, 2.05) is 45.0 Å². The smallest absolute Gasteiger partial charge is 0.224 e. The molecule has 1 N–H and O–H groups in total. The van der Waals surface area contributed by atoms with Crippen LogP contribution in [-0.2, 0) is 4.74 Å². The van der Waals surface area contributed by atoms with Crippen LogP contribution in [0.5, 0.6) is 0 Å².